The molecule has 122 valence electrons. The van der Waals surface area contributed by atoms with Crippen molar-refractivity contribution in [3.63, 3.8) is 0 Å². The Morgan fingerprint density at radius 1 is 0.640 bits per heavy atom. The van der Waals surface area contributed by atoms with Gasteiger partial charge in [0.2, 0.25) is 0 Å². The molecule has 0 saturated carbocycles. The number of hydrogen-bond acceptors (Lipinski definition) is 1. The fraction of sp³-hybridized carbons (Fsp3) is 0.167. The van der Waals surface area contributed by atoms with Crippen LogP contribution in [-0.4, -0.2) is 0 Å². The molecular formula is C24H20S. The normalized spacial score (nSPS) is 12.6. The van der Waals surface area contributed by atoms with Gasteiger partial charge in [0.25, 0.3) is 0 Å². The number of fused-ring (bicyclic) bond motifs is 5. The standard InChI is InChI=1S/C24H20S/c1-24(2,3)23-18-11-7-6-10-17(18)14-21-22(23)19-12-15-8-4-5-9-16(15)13-20(19)25-21/h4-14H,1-3H3. The molecule has 0 unspecified atom stereocenters. The summed E-state index contributed by atoms with van der Waals surface area (Å²) < 4.78 is 2.78. The monoisotopic (exact) mass is 340 g/mol. The Morgan fingerprint density at radius 2 is 1.24 bits per heavy atom. The van der Waals surface area contributed by atoms with E-state index in [1.807, 2.05) is 11.3 Å². The van der Waals surface area contributed by atoms with Crippen LogP contribution >= 0.6 is 11.3 Å². The van der Waals surface area contributed by atoms with Gasteiger partial charge >= 0.3 is 0 Å². The number of thiophene rings is 1. The first kappa shape index (κ1) is 14.9. The summed E-state index contributed by atoms with van der Waals surface area (Å²) in [4.78, 5) is 0. The lowest BCUT2D eigenvalue weighted by atomic mass is 9.81. The lowest BCUT2D eigenvalue weighted by Crippen LogP contribution is -2.12. The van der Waals surface area contributed by atoms with Crippen LogP contribution in [0.25, 0.3) is 41.7 Å². The van der Waals surface area contributed by atoms with Gasteiger partial charge in [0.1, 0.15) is 0 Å². The summed E-state index contributed by atoms with van der Waals surface area (Å²) in [5.41, 5.74) is 1.57. The fourth-order valence-corrected chi connectivity index (χ4v) is 5.26. The Balaban J connectivity index is 2.07. The second-order valence-electron chi connectivity index (χ2n) is 7.89. The number of hydrogen-bond donors (Lipinski definition) is 0. The van der Waals surface area contributed by atoms with E-state index in [0.717, 1.165) is 0 Å². The Kier molecular flexibility index (Phi) is 3.02. The van der Waals surface area contributed by atoms with Crippen molar-refractivity contribution in [3.8, 4) is 0 Å². The van der Waals surface area contributed by atoms with E-state index in [1.165, 1.54) is 47.3 Å². The fourth-order valence-electron chi connectivity index (χ4n) is 4.07. The molecular weight excluding hydrogens is 320 g/mol. The van der Waals surface area contributed by atoms with Crippen LogP contribution in [0.4, 0.5) is 0 Å². The molecule has 0 bridgehead atoms. The Labute approximate surface area is 151 Å². The van der Waals surface area contributed by atoms with E-state index in [4.69, 9.17) is 0 Å². The molecule has 0 aliphatic carbocycles. The molecule has 0 atom stereocenters. The number of benzene rings is 4. The molecule has 0 saturated heterocycles. The van der Waals surface area contributed by atoms with Gasteiger partial charge in [-0.3, -0.25) is 0 Å². The van der Waals surface area contributed by atoms with E-state index in [-0.39, 0.29) is 5.41 Å². The van der Waals surface area contributed by atoms with Crippen molar-refractivity contribution in [2.24, 2.45) is 0 Å². The first-order valence-corrected chi connectivity index (χ1v) is 9.61. The maximum Gasteiger partial charge on any atom is 0.0364 e. The van der Waals surface area contributed by atoms with Gasteiger partial charge < -0.3 is 0 Å². The molecule has 1 heterocycles. The maximum absolute atomic E-state index is 2.38. The van der Waals surface area contributed by atoms with E-state index in [1.54, 1.807) is 0 Å². The summed E-state index contributed by atoms with van der Waals surface area (Å²) in [5, 5.41) is 8.21. The average molecular weight is 340 g/mol. The van der Waals surface area contributed by atoms with Gasteiger partial charge in [-0.1, -0.05) is 69.3 Å². The maximum atomic E-state index is 2.38. The first-order valence-electron chi connectivity index (χ1n) is 8.79. The molecule has 25 heavy (non-hydrogen) atoms. The zero-order chi connectivity index (χ0) is 17.2. The SMILES string of the molecule is CC(C)(C)c1c2ccccc2cc2sc3cc4ccccc4cc3c12. The summed E-state index contributed by atoms with van der Waals surface area (Å²) in [6, 6.07) is 24.6. The molecule has 1 aromatic heterocycles. The van der Waals surface area contributed by atoms with Crippen LogP contribution in [0.2, 0.25) is 0 Å². The minimum absolute atomic E-state index is 0.0960. The minimum atomic E-state index is 0.0960. The molecule has 0 radical (unpaired) electrons. The van der Waals surface area contributed by atoms with Crippen LogP contribution < -0.4 is 0 Å². The first-order chi connectivity index (χ1) is 12.0. The molecule has 5 aromatic rings. The van der Waals surface area contributed by atoms with Crippen molar-refractivity contribution in [1.82, 2.24) is 0 Å². The second-order valence-corrected chi connectivity index (χ2v) is 8.98. The predicted octanol–water partition coefficient (Wildman–Crippen LogP) is 7.66. The van der Waals surface area contributed by atoms with Gasteiger partial charge in [0.15, 0.2) is 0 Å². The molecule has 0 spiro atoms. The highest BCUT2D eigenvalue weighted by Gasteiger charge is 2.23. The largest absolute Gasteiger partial charge is 0.135 e. The van der Waals surface area contributed by atoms with Crippen LogP contribution in [0.1, 0.15) is 26.3 Å². The second kappa shape index (κ2) is 5.06. The van der Waals surface area contributed by atoms with Crippen molar-refractivity contribution in [3.05, 3.63) is 72.3 Å². The molecule has 1 heteroatoms. The lowest BCUT2D eigenvalue weighted by molar-refractivity contribution is 0.601. The van der Waals surface area contributed by atoms with Crippen LogP contribution in [0, 0.1) is 0 Å². The van der Waals surface area contributed by atoms with Crippen molar-refractivity contribution in [2.45, 2.75) is 26.2 Å². The van der Waals surface area contributed by atoms with E-state index in [9.17, 15) is 0 Å². The highest BCUT2D eigenvalue weighted by atomic mass is 32.1. The lowest BCUT2D eigenvalue weighted by Gasteiger charge is -2.23. The van der Waals surface area contributed by atoms with Crippen LogP contribution in [0.15, 0.2) is 66.7 Å². The zero-order valence-electron chi connectivity index (χ0n) is 14.8. The van der Waals surface area contributed by atoms with Gasteiger partial charge in [-0.25, -0.2) is 0 Å². The molecule has 0 amide bonds. The highest BCUT2D eigenvalue weighted by Crippen LogP contribution is 2.45. The molecule has 0 aliphatic rings. The zero-order valence-corrected chi connectivity index (χ0v) is 15.6. The van der Waals surface area contributed by atoms with Crippen molar-refractivity contribution < 1.29 is 0 Å². The smallest absolute Gasteiger partial charge is 0.0364 e. The van der Waals surface area contributed by atoms with Gasteiger partial charge in [0.05, 0.1) is 0 Å². The van der Waals surface area contributed by atoms with E-state index in [0.29, 0.717) is 0 Å². The molecule has 0 fully saturated rings. The quantitative estimate of drug-likeness (QED) is 0.271. The van der Waals surface area contributed by atoms with E-state index >= 15 is 0 Å². The molecule has 5 rings (SSSR count). The Hall–Kier alpha value is -2.38. The highest BCUT2D eigenvalue weighted by molar-refractivity contribution is 7.26. The summed E-state index contributed by atoms with van der Waals surface area (Å²) in [6.07, 6.45) is 0. The summed E-state index contributed by atoms with van der Waals surface area (Å²) >= 11 is 1.92. The summed E-state index contributed by atoms with van der Waals surface area (Å²) in [5.74, 6) is 0. The molecule has 0 aliphatic heterocycles. The van der Waals surface area contributed by atoms with Crippen LogP contribution in [-0.2, 0) is 5.41 Å². The van der Waals surface area contributed by atoms with Crippen molar-refractivity contribution in [1.29, 1.82) is 0 Å². The molecule has 4 aromatic carbocycles. The van der Waals surface area contributed by atoms with E-state index < -0.39 is 0 Å². The third kappa shape index (κ3) is 2.19. The van der Waals surface area contributed by atoms with Gasteiger partial charge in [0, 0.05) is 20.2 Å². The minimum Gasteiger partial charge on any atom is -0.135 e. The Bertz CT molecular complexity index is 1270. The van der Waals surface area contributed by atoms with E-state index in [2.05, 4.69) is 87.5 Å². The summed E-state index contributed by atoms with van der Waals surface area (Å²) in [7, 11) is 0. The van der Waals surface area contributed by atoms with Gasteiger partial charge in [-0.2, -0.15) is 0 Å². The van der Waals surface area contributed by atoms with Crippen molar-refractivity contribution in [2.75, 3.05) is 0 Å². The number of rotatable bonds is 0. The van der Waals surface area contributed by atoms with Crippen molar-refractivity contribution >= 4 is 53.1 Å². The topological polar surface area (TPSA) is 0 Å². The van der Waals surface area contributed by atoms with Gasteiger partial charge in [-0.15, -0.1) is 11.3 Å². The van der Waals surface area contributed by atoms with Crippen LogP contribution in [0.3, 0.4) is 0 Å². The average Bonchev–Trinajstić information content (AvgIpc) is 2.93. The Morgan fingerprint density at radius 3 is 1.96 bits per heavy atom. The van der Waals surface area contributed by atoms with Crippen LogP contribution in [0.5, 0.6) is 0 Å². The third-order valence-electron chi connectivity index (χ3n) is 5.10. The third-order valence-corrected chi connectivity index (χ3v) is 6.20. The summed E-state index contributed by atoms with van der Waals surface area (Å²) in [6.45, 7) is 7.00. The molecule has 0 nitrogen and oxygen atoms in total. The predicted molar refractivity (Wildman–Crippen MR) is 113 cm³/mol. The molecule has 0 N–H and O–H groups in total. The van der Waals surface area contributed by atoms with Gasteiger partial charge in [-0.05, 0) is 50.7 Å².